The van der Waals surface area contributed by atoms with Crippen LogP contribution in [0.4, 0.5) is 8.78 Å². The first-order chi connectivity index (χ1) is 11.4. The van der Waals surface area contributed by atoms with Crippen LogP contribution in [0.3, 0.4) is 0 Å². The van der Waals surface area contributed by atoms with Gasteiger partial charge in [-0.3, -0.25) is 0 Å². The zero-order valence-electron chi connectivity index (χ0n) is 11.6. The highest BCUT2D eigenvalue weighted by Gasteiger charge is 2.16. The van der Waals surface area contributed by atoms with Gasteiger partial charge in [-0.25, -0.2) is 9.37 Å². The summed E-state index contributed by atoms with van der Waals surface area (Å²) >= 11 is 24.4. The van der Waals surface area contributed by atoms with Crippen LogP contribution in [0.2, 0.25) is 20.1 Å². The number of nitrogens with zero attached hydrogens (tertiary/aromatic N) is 1. The Balaban J connectivity index is 2.40. The van der Waals surface area contributed by atoms with Crippen molar-refractivity contribution in [3.63, 3.8) is 0 Å². The SMILES string of the molecule is Fc1cc2c3cc(Cl)c(Cl)cc3c3cc(Cl)c(Cl)cc3c2nc1F. The van der Waals surface area contributed by atoms with Gasteiger partial charge in [0.15, 0.2) is 5.82 Å². The van der Waals surface area contributed by atoms with Gasteiger partial charge < -0.3 is 0 Å². The van der Waals surface area contributed by atoms with Crippen LogP contribution in [-0.4, -0.2) is 4.98 Å². The summed E-state index contributed by atoms with van der Waals surface area (Å²) in [6.45, 7) is 0. The molecule has 0 saturated carbocycles. The molecule has 0 spiro atoms. The van der Waals surface area contributed by atoms with E-state index in [1.54, 1.807) is 24.3 Å². The van der Waals surface area contributed by atoms with Gasteiger partial charge in [-0.1, -0.05) is 46.4 Å². The maximum absolute atomic E-state index is 13.8. The predicted molar refractivity (Wildman–Crippen MR) is 96.7 cm³/mol. The van der Waals surface area contributed by atoms with E-state index in [9.17, 15) is 8.78 Å². The largest absolute Gasteiger partial charge is 0.249 e. The van der Waals surface area contributed by atoms with Crippen molar-refractivity contribution in [1.82, 2.24) is 4.98 Å². The second-order valence-electron chi connectivity index (χ2n) is 5.28. The lowest BCUT2D eigenvalue weighted by Crippen LogP contribution is -1.93. The second-order valence-corrected chi connectivity index (χ2v) is 6.91. The molecule has 0 N–H and O–H groups in total. The smallest absolute Gasteiger partial charge is 0.216 e. The van der Waals surface area contributed by atoms with Gasteiger partial charge in [0.05, 0.1) is 25.6 Å². The number of hydrogen-bond acceptors (Lipinski definition) is 1. The van der Waals surface area contributed by atoms with Crippen molar-refractivity contribution >= 4 is 78.9 Å². The Morgan fingerprint density at radius 3 is 1.46 bits per heavy atom. The van der Waals surface area contributed by atoms with Crippen molar-refractivity contribution in [3.8, 4) is 0 Å². The quantitative estimate of drug-likeness (QED) is 0.220. The average Bonchev–Trinajstić information content (AvgIpc) is 2.53. The Labute approximate surface area is 154 Å². The summed E-state index contributed by atoms with van der Waals surface area (Å²) in [5, 5.41) is 4.17. The average molecular weight is 403 g/mol. The fourth-order valence-corrected chi connectivity index (χ4v) is 3.49. The molecule has 1 nitrogen and oxygen atoms in total. The topological polar surface area (TPSA) is 12.9 Å². The summed E-state index contributed by atoms with van der Waals surface area (Å²) in [7, 11) is 0. The zero-order valence-corrected chi connectivity index (χ0v) is 14.6. The summed E-state index contributed by atoms with van der Waals surface area (Å²) in [6, 6.07) is 7.57. The van der Waals surface area contributed by atoms with Crippen LogP contribution in [0.15, 0.2) is 30.3 Å². The molecule has 1 heterocycles. The molecule has 4 aromatic rings. The molecule has 120 valence electrons. The van der Waals surface area contributed by atoms with E-state index in [0.717, 1.165) is 6.07 Å². The van der Waals surface area contributed by atoms with Crippen LogP contribution in [0.5, 0.6) is 0 Å². The predicted octanol–water partition coefficient (Wildman–Crippen LogP) is 7.43. The number of rotatable bonds is 0. The fourth-order valence-electron chi connectivity index (χ4n) is 2.84. The van der Waals surface area contributed by atoms with Gasteiger partial charge in [-0.05, 0) is 46.5 Å². The Kier molecular flexibility index (Phi) is 3.73. The molecule has 0 unspecified atom stereocenters. The van der Waals surface area contributed by atoms with Gasteiger partial charge in [0.2, 0.25) is 5.95 Å². The van der Waals surface area contributed by atoms with Crippen molar-refractivity contribution in [2.24, 2.45) is 0 Å². The van der Waals surface area contributed by atoms with E-state index in [2.05, 4.69) is 4.98 Å². The summed E-state index contributed by atoms with van der Waals surface area (Å²) in [4.78, 5) is 3.76. The highest BCUT2D eigenvalue weighted by Crippen LogP contribution is 2.41. The minimum atomic E-state index is -1.19. The van der Waals surface area contributed by atoms with Crippen LogP contribution >= 0.6 is 46.4 Å². The van der Waals surface area contributed by atoms with Gasteiger partial charge >= 0.3 is 0 Å². The maximum Gasteiger partial charge on any atom is 0.249 e. The van der Waals surface area contributed by atoms with E-state index >= 15 is 0 Å². The Morgan fingerprint density at radius 1 is 0.583 bits per heavy atom. The Morgan fingerprint density at radius 2 is 0.958 bits per heavy atom. The van der Waals surface area contributed by atoms with Gasteiger partial charge in [-0.15, -0.1) is 0 Å². The Hall–Kier alpha value is -1.39. The van der Waals surface area contributed by atoms with Gasteiger partial charge in [-0.2, -0.15) is 4.39 Å². The number of pyridine rings is 1. The van der Waals surface area contributed by atoms with Crippen molar-refractivity contribution in [3.05, 3.63) is 62.2 Å². The molecule has 3 aromatic carbocycles. The minimum absolute atomic E-state index is 0.272. The van der Waals surface area contributed by atoms with Gasteiger partial charge in [0, 0.05) is 10.8 Å². The summed E-state index contributed by atoms with van der Waals surface area (Å²) in [5.41, 5.74) is 0.272. The molecule has 0 radical (unpaired) electrons. The standard InChI is InChI=1S/C17H5Cl4F2N/c18-11-1-6-7-2-13(20)14(21)4-9(7)16-10(8(6)3-12(11)19)5-15(22)17(23)24-16/h1-5H. The summed E-state index contributed by atoms with van der Waals surface area (Å²) in [5.74, 6) is -2.23. The third-order valence-corrected chi connectivity index (χ3v) is 5.33. The van der Waals surface area contributed by atoms with E-state index in [1.807, 2.05) is 0 Å². The van der Waals surface area contributed by atoms with Crippen LogP contribution in [0, 0.1) is 11.8 Å². The number of benzene rings is 3. The fraction of sp³-hybridized carbons (Fsp3) is 0. The van der Waals surface area contributed by atoms with E-state index in [1.165, 1.54) is 0 Å². The third-order valence-electron chi connectivity index (χ3n) is 3.89. The highest BCUT2D eigenvalue weighted by atomic mass is 35.5. The molecule has 7 heteroatoms. The molecule has 0 aliphatic heterocycles. The molecule has 0 amide bonds. The molecule has 1 aromatic heterocycles. The number of fused-ring (bicyclic) bond motifs is 6. The first kappa shape index (κ1) is 16.1. The van der Waals surface area contributed by atoms with E-state index in [-0.39, 0.29) is 10.5 Å². The van der Waals surface area contributed by atoms with Crippen LogP contribution < -0.4 is 0 Å². The molecule has 0 fully saturated rings. The first-order valence-electron chi connectivity index (χ1n) is 6.72. The molecular formula is C17H5Cl4F2N. The molecule has 4 rings (SSSR count). The van der Waals surface area contributed by atoms with Crippen LogP contribution in [-0.2, 0) is 0 Å². The lowest BCUT2D eigenvalue weighted by Gasteiger charge is -2.12. The molecule has 0 aliphatic rings. The summed E-state index contributed by atoms with van der Waals surface area (Å²) in [6.07, 6.45) is 0. The van der Waals surface area contributed by atoms with E-state index in [4.69, 9.17) is 46.4 Å². The van der Waals surface area contributed by atoms with E-state index in [0.29, 0.717) is 42.0 Å². The highest BCUT2D eigenvalue weighted by molar-refractivity contribution is 6.45. The van der Waals surface area contributed by atoms with Crippen molar-refractivity contribution < 1.29 is 8.78 Å². The monoisotopic (exact) mass is 401 g/mol. The molecule has 0 bridgehead atoms. The van der Waals surface area contributed by atoms with Crippen molar-refractivity contribution in [1.29, 1.82) is 0 Å². The molecular weight excluding hydrogens is 398 g/mol. The minimum Gasteiger partial charge on any atom is -0.216 e. The first-order valence-corrected chi connectivity index (χ1v) is 8.23. The molecule has 0 saturated heterocycles. The van der Waals surface area contributed by atoms with Crippen molar-refractivity contribution in [2.45, 2.75) is 0 Å². The number of halogens is 6. The van der Waals surface area contributed by atoms with Gasteiger partial charge in [0.1, 0.15) is 0 Å². The zero-order chi connectivity index (χ0) is 17.2. The Bertz CT molecular complexity index is 907. The maximum atomic E-state index is 13.8. The molecule has 0 atom stereocenters. The summed E-state index contributed by atoms with van der Waals surface area (Å²) < 4.78 is 27.5. The molecule has 24 heavy (non-hydrogen) atoms. The number of aromatic nitrogens is 1. The normalized spacial score (nSPS) is 11.8. The lowest BCUT2D eigenvalue weighted by molar-refractivity contribution is 0.484. The van der Waals surface area contributed by atoms with E-state index < -0.39 is 11.8 Å². The molecule has 0 aliphatic carbocycles. The lowest BCUT2D eigenvalue weighted by atomic mass is 9.97. The van der Waals surface area contributed by atoms with Crippen LogP contribution in [0.1, 0.15) is 0 Å². The second kappa shape index (κ2) is 5.57. The van der Waals surface area contributed by atoms with Crippen molar-refractivity contribution in [2.75, 3.05) is 0 Å². The number of hydrogen-bond donors (Lipinski definition) is 0. The van der Waals surface area contributed by atoms with Gasteiger partial charge in [0.25, 0.3) is 0 Å². The van der Waals surface area contributed by atoms with Crippen LogP contribution in [0.25, 0.3) is 32.4 Å². The third kappa shape index (κ3) is 2.31.